The fourth-order valence-corrected chi connectivity index (χ4v) is 4.39. The van der Waals surface area contributed by atoms with Crippen LogP contribution >= 0.6 is 23.2 Å². The fraction of sp³-hybridized carbons (Fsp3) is 0.0741. The zero-order valence-corrected chi connectivity index (χ0v) is 19.4. The number of fused-ring (bicyclic) bond motifs is 1. The Bertz CT molecular complexity index is 1360. The van der Waals surface area contributed by atoms with E-state index in [1.54, 1.807) is 35.2 Å². The van der Waals surface area contributed by atoms with Gasteiger partial charge < -0.3 is 10.1 Å². The van der Waals surface area contributed by atoms with Crippen LogP contribution in [0.5, 0.6) is 5.75 Å². The number of ether oxygens (including phenoxy) is 1. The Morgan fingerprint density at radius 3 is 2.50 bits per heavy atom. The highest BCUT2D eigenvalue weighted by molar-refractivity contribution is 6.35. The minimum Gasteiger partial charge on any atom is -0.489 e. The molecule has 4 nitrogen and oxygen atoms in total. The molecule has 1 amide bonds. The monoisotopic (exact) mass is 492 g/mol. The first-order chi connectivity index (χ1) is 16.5. The number of nitrogens with one attached hydrogen (secondary N) is 1. The molecule has 4 aromatic rings. The van der Waals surface area contributed by atoms with E-state index < -0.39 is 6.17 Å². The summed E-state index contributed by atoms with van der Waals surface area (Å²) in [5, 5.41) is 4.53. The van der Waals surface area contributed by atoms with Gasteiger partial charge in [-0.25, -0.2) is 4.39 Å². The van der Waals surface area contributed by atoms with Gasteiger partial charge in [0.1, 0.15) is 24.3 Å². The van der Waals surface area contributed by atoms with Gasteiger partial charge in [-0.1, -0.05) is 53.5 Å². The van der Waals surface area contributed by atoms with E-state index in [1.165, 1.54) is 12.1 Å². The first-order valence-corrected chi connectivity index (χ1v) is 11.4. The van der Waals surface area contributed by atoms with E-state index >= 15 is 0 Å². The molecular weight excluding hydrogens is 474 g/mol. The molecule has 0 saturated heterocycles. The maximum Gasteiger partial charge on any atom is 0.262 e. The van der Waals surface area contributed by atoms with Gasteiger partial charge in [-0.2, -0.15) is 0 Å². The predicted octanol–water partition coefficient (Wildman–Crippen LogP) is 7.48. The summed E-state index contributed by atoms with van der Waals surface area (Å²) in [4.78, 5) is 15.1. The molecule has 170 valence electrons. The molecule has 0 saturated carbocycles. The third kappa shape index (κ3) is 4.45. The largest absolute Gasteiger partial charge is 0.489 e. The Morgan fingerprint density at radius 1 is 0.912 bits per heavy atom. The second-order valence-electron chi connectivity index (χ2n) is 7.84. The number of nitrogens with zero attached hydrogens (tertiary/aromatic N) is 1. The van der Waals surface area contributed by atoms with Crippen molar-refractivity contribution in [1.82, 2.24) is 0 Å². The summed E-state index contributed by atoms with van der Waals surface area (Å²) in [5.41, 5.74) is 3.48. The van der Waals surface area contributed by atoms with E-state index in [-0.39, 0.29) is 18.3 Å². The third-order valence-corrected chi connectivity index (χ3v) is 6.20. The minimum absolute atomic E-state index is 0.176. The minimum atomic E-state index is -0.518. The van der Waals surface area contributed by atoms with Crippen molar-refractivity contribution in [3.63, 3.8) is 0 Å². The summed E-state index contributed by atoms with van der Waals surface area (Å²) in [6.07, 6.45) is -0.518. The van der Waals surface area contributed by atoms with Crippen molar-refractivity contribution in [3.8, 4) is 5.75 Å². The first-order valence-electron chi connectivity index (χ1n) is 10.6. The normalized spacial score (nSPS) is 15.0. The number of anilines is 2. The quantitative estimate of drug-likeness (QED) is 0.313. The zero-order valence-electron chi connectivity index (χ0n) is 17.8. The van der Waals surface area contributed by atoms with Crippen LogP contribution in [0.4, 0.5) is 15.8 Å². The third-order valence-electron chi connectivity index (χ3n) is 5.61. The topological polar surface area (TPSA) is 41.6 Å². The van der Waals surface area contributed by atoms with Crippen LogP contribution in [-0.2, 0) is 6.61 Å². The smallest absolute Gasteiger partial charge is 0.262 e. The van der Waals surface area contributed by atoms with Crippen LogP contribution in [0.1, 0.15) is 27.7 Å². The lowest BCUT2D eigenvalue weighted by molar-refractivity contribution is 0.0975. The number of amides is 1. The van der Waals surface area contributed by atoms with Crippen LogP contribution in [0.2, 0.25) is 10.0 Å². The number of halogens is 3. The maximum absolute atomic E-state index is 13.6. The van der Waals surface area contributed by atoms with Crippen molar-refractivity contribution >= 4 is 40.5 Å². The SMILES string of the molecule is O=C1c2ccccc2NC(c2cccc(OCc3ccc(Cl)cc3Cl)c2)N1c1ccc(F)cc1. The van der Waals surface area contributed by atoms with Crippen LogP contribution < -0.4 is 15.0 Å². The lowest BCUT2D eigenvalue weighted by Gasteiger charge is -2.38. The number of hydrogen-bond donors (Lipinski definition) is 1. The van der Waals surface area contributed by atoms with E-state index in [9.17, 15) is 9.18 Å². The Morgan fingerprint density at radius 2 is 1.71 bits per heavy atom. The summed E-state index contributed by atoms with van der Waals surface area (Å²) in [6.45, 7) is 0.265. The Balaban J connectivity index is 1.48. The number of para-hydroxylation sites is 1. The lowest BCUT2D eigenvalue weighted by atomic mass is 10.0. The number of rotatable bonds is 5. The summed E-state index contributed by atoms with van der Waals surface area (Å²) in [5.74, 6) is 0.0790. The van der Waals surface area contributed by atoms with Crippen molar-refractivity contribution < 1.29 is 13.9 Å². The van der Waals surface area contributed by atoms with E-state index in [2.05, 4.69) is 5.32 Å². The van der Waals surface area contributed by atoms with E-state index in [4.69, 9.17) is 27.9 Å². The Hall–Kier alpha value is -3.54. The van der Waals surface area contributed by atoms with Gasteiger partial charge >= 0.3 is 0 Å². The predicted molar refractivity (Wildman–Crippen MR) is 133 cm³/mol. The van der Waals surface area contributed by atoms with Crippen molar-refractivity contribution in [2.75, 3.05) is 10.2 Å². The summed E-state index contributed by atoms with van der Waals surface area (Å²) in [6, 6.07) is 26.0. The molecule has 1 atom stereocenters. The Kier molecular flexibility index (Phi) is 6.14. The first kappa shape index (κ1) is 22.3. The fourth-order valence-electron chi connectivity index (χ4n) is 3.93. The molecule has 0 spiro atoms. The summed E-state index contributed by atoms with van der Waals surface area (Å²) < 4.78 is 19.6. The summed E-state index contributed by atoms with van der Waals surface area (Å²) in [7, 11) is 0. The van der Waals surface area contributed by atoms with Gasteiger partial charge in [-0.3, -0.25) is 9.69 Å². The standard InChI is InChI=1S/C27H19Cl2FN2O2/c28-19-9-8-18(24(29)15-19)16-34-22-5-3-4-17(14-22)26-31-25-7-2-1-6-23(25)27(33)32(26)21-12-10-20(30)11-13-21/h1-15,26,31H,16H2. The number of hydrogen-bond acceptors (Lipinski definition) is 3. The molecule has 1 aliphatic heterocycles. The van der Waals surface area contributed by atoms with E-state index in [0.717, 1.165) is 16.8 Å². The van der Waals surface area contributed by atoms with Gasteiger partial charge in [0.2, 0.25) is 0 Å². The second kappa shape index (κ2) is 9.37. The summed E-state index contributed by atoms with van der Waals surface area (Å²) >= 11 is 12.2. The molecule has 5 rings (SSSR count). The van der Waals surface area contributed by atoms with Crippen molar-refractivity contribution in [1.29, 1.82) is 0 Å². The highest BCUT2D eigenvalue weighted by atomic mass is 35.5. The Labute approximate surface area is 206 Å². The molecule has 7 heteroatoms. The highest BCUT2D eigenvalue weighted by Crippen LogP contribution is 2.37. The molecule has 34 heavy (non-hydrogen) atoms. The average Bonchev–Trinajstić information content (AvgIpc) is 2.84. The van der Waals surface area contributed by atoms with Crippen molar-refractivity contribution in [2.45, 2.75) is 12.8 Å². The molecule has 1 aliphatic rings. The molecule has 0 aromatic heterocycles. The van der Waals surface area contributed by atoms with Crippen LogP contribution in [0.3, 0.4) is 0 Å². The van der Waals surface area contributed by atoms with E-state index in [1.807, 2.05) is 48.5 Å². The number of benzene rings is 4. The maximum atomic E-state index is 13.6. The molecule has 4 aromatic carbocycles. The number of carbonyl (C=O) groups is 1. The van der Waals surface area contributed by atoms with Crippen LogP contribution in [0.15, 0.2) is 91.0 Å². The van der Waals surface area contributed by atoms with Crippen molar-refractivity contribution in [3.05, 3.63) is 124 Å². The van der Waals surface area contributed by atoms with Gasteiger partial charge in [0.05, 0.1) is 5.56 Å². The van der Waals surface area contributed by atoms with Crippen LogP contribution in [0.25, 0.3) is 0 Å². The zero-order chi connectivity index (χ0) is 23.7. The van der Waals surface area contributed by atoms with Crippen LogP contribution in [0, 0.1) is 5.82 Å². The second-order valence-corrected chi connectivity index (χ2v) is 8.68. The van der Waals surface area contributed by atoms with Gasteiger partial charge in [0.15, 0.2) is 0 Å². The molecule has 0 radical (unpaired) electrons. The molecule has 1 N–H and O–H groups in total. The van der Waals surface area contributed by atoms with Gasteiger partial charge in [0, 0.05) is 27.0 Å². The van der Waals surface area contributed by atoms with Crippen LogP contribution in [-0.4, -0.2) is 5.91 Å². The van der Waals surface area contributed by atoms with E-state index in [0.29, 0.717) is 27.0 Å². The average molecular weight is 493 g/mol. The van der Waals surface area contributed by atoms with Crippen molar-refractivity contribution in [2.24, 2.45) is 0 Å². The number of carbonyl (C=O) groups excluding carboxylic acids is 1. The molecule has 0 fully saturated rings. The molecule has 0 aliphatic carbocycles. The highest BCUT2D eigenvalue weighted by Gasteiger charge is 2.34. The lowest BCUT2D eigenvalue weighted by Crippen LogP contribution is -2.43. The molecule has 1 heterocycles. The molecular formula is C27H19Cl2FN2O2. The molecule has 1 unspecified atom stereocenters. The van der Waals surface area contributed by atoms with Gasteiger partial charge in [0.25, 0.3) is 5.91 Å². The van der Waals surface area contributed by atoms with Gasteiger partial charge in [-0.15, -0.1) is 0 Å². The van der Waals surface area contributed by atoms with Gasteiger partial charge in [-0.05, 0) is 66.2 Å². The molecule has 0 bridgehead atoms.